The fourth-order valence-corrected chi connectivity index (χ4v) is 8.59. The lowest BCUT2D eigenvalue weighted by Gasteiger charge is -2.46. The monoisotopic (exact) mass is 542 g/mol. The molecule has 0 radical (unpaired) electrons. The number of carbonyl (C=O) groups excluding carboxylic acids is 1. The van der Waals surface area contributed by atoms with Crippen LogP contribution in [0.25, 0.3) is 0 Å². The van der Waals surface area contributed by atoms with Crippen LogP contribution in [0, 0.1) is 0 Å². The predicted octanol–water partition coefficient (Wildman–Crippen LogP) is 4.72. The first kappa shape index (κ1) is 23.7. The van der Waals surface area contributed by atoms with Gasteiger partial charge in [0.2, 0.25) is 7.29 Å². The van der Waals surface area contributed by atoms with Crippen molar-refractivity contribution in [1.29, 1.82) is 0 Å². The first-order valence-electron chi connectivity index (χ1n) is 10.4. The number of carbonyl (C=O) groups is 1. The van der Waals surface area contributed by atoms with Gasteiger partial charge in [-0.05, 0) is 68.0 Å². The predicted molar refractivity (Wildman–Crippen MR) is 139 cm³/mol. The van der Waals surface area contributed by atoms with E-state index in [2.05, 4.69) is 21.2 Å². The number of benzene rings is 3. The van der Waals surface area contributed by atoms with Crippen LogP contribution in [0.3, 0.4) is 0 Å². The highest BCUT2D eigenvalue weighted by atomic mass is 79.9. The zero-order chi connectivity index (χ0) is 23.9. The maximum absolute atomic E-state index is 15.3. The number of nitrogens with zero attached hydrogens (tertiary/aromatic N) is 1. The Kier molecular flexibility index (Phi) is 6.25. The van der Waals surface area contributed by atoms with E-state index < -0.39 is 24.3 Å². The molecule has 1 fully saturated rings. The average Bonchev–Trinajstić information content (AvgIpc) is 3.06. The molecule has 1 aliphatic heterocycles. The van der Waals surface area contributed by atoms with Crippen molar-refractivity contribution >= 4 is 57.1 Å². The largest absolute Gasteiger partial charge is 0.467 e. The Balaban J connectivity index is 2.07. The fraction of sp³-hybridized carbons (Fsp3) is 0.200. The molecule has 0 amide bonds. The second-order valence-corrected chi connectivity index (χ2v) is 12.1. The molecule has 0 bridgehead atoms. The number of thiocarbonyl (C=S) groups is 1. The van der Waals surface area contributed by atoms with Gasteiger partial charge in [-0.25, -0.2) is 4.79 Å². The molecular weight excluding hydrogens is 519 g/mol. The van der Waals surface area contributed by atoms with Gasteiger partial charge in [0.05, 0.1) is 7.11 Å². The number of esters is 1. The van der Waals surface area contributed by atoms with E-state index in [4.69, 9.17) is 17.0 Å². The molecule has 0 saturated carbocycles. The SMILES string of the molecule is COC(=O)[C@@]1(C)NC(=S)N(P(=O)(c2ccccc2)c2ccccc2)[C@@]1(C)c1ccc(Br)cc1. The highest BCUT2D eigenvalue weighted by Crippen LogP contribution is 2.60. The van der Waals surface area contributed by atoms with Crippen molar-refractivity contribution in [2.24, 2.45) is 0 Å². The number of ether oxygens (including phenoxy) is 1. The summed E-state index contributed by atoms with van der Waals surface area (Å²) in [6, 6.07) is 26.2. The van der Waals surface area contributed by atoms with E-state index in [1.807, 2.05) is 91.9 Å². The number of hydrogen-bond donors (Lipinski definition) is 1. The minimum atomic E-state index is -3.55. The molecule has 0 spiro atoms. The highest BCUT2D eigenvalue weighted by Gasteiger charge is 2.66. The number of nitrogens with one attached hydrogen (secondary N) is 1. The van der Waals surface area contributed by atoms with Crippen LogP contribution in [0.1, 0.15) is 19.4 Å². The first-order valence-corrected chi connectivity index (χ1v) is 13.2. The van der Waals surface area contributed by atoms with Gasteiger partial charge in [-0.15, -0.1) is 0 Å². The Morgan fingerprint density at radius 2 is 1.42 bits per heavy atom. The van der Waals surface area contributed by atoms with Crippen LogP contribution >= 0.6 is 35.4 Å². The Morgan fingerprint density at radius 1 is 0.939 bits per heavy atom. The van der Waals surface area contributed by atoms with Crippen molar-refractivity contribution in [2.45, 2.75) is 24.9 Å². The second-order valence-electron chi connectivity index (χ2n) is 8.18. The Bertz CT molecular complexity index is 1200. The standard InChI is InChI=1S/C25H24BrN2O3PS/c1-24(22(29)31-3)25(2,18-14-16-19(26)17-15-18)28(23(33)27-24)32(30,20-10-6-4-7-11-20)21-12-8-5-9-13-21/h4-17H,1-3H3,(H,27,33)/t24-,25+/m1/s1. The van der Waals surface area contributed by atoms with E-state index in [0.29, 0.717) is 10.6 Å². The molecule has 1 heterocycles. The van der Waals surface area contributed by atoms with Gasteiger partial charge in [0, 0.05) is 15.1 Å². The third-order valence-electron chi connectivity index (χ3n) is 6.44. The van der Waals surface area contributed by atoms with Crippen molar-refractivity contribution in [1.82, 2.24) is 9.99 Å². The molecule has 1 saturated heterocycles. The van der Waals surface area contributed by atoms with Crippen molar-refractivity contribution in [2.75, 3.05) is 7.11 Å². The van der Waals surface area contributed by atoms with E-state index in [0.717, 1.165) is 10.0 Å². The number of methoxy groups -OCH3 is 1. The van der Waals surface area contributed by atoms with Crippen LogP contribution in [-0.4, -0.2) is 28.4 Å². The van der Waals surface area contributed by atoms with Gasteiger partial charge in [-0.3, -0.25) is 9.24 Å². The smallest absolute Gasteiger partial charge is 0.334 e. The molecule has 3 aromatic carbocycles. The van der Waals surface area contributed by atoms with Crippen LogP contribution in [-0.2, 0) is 19.6 Å². The van der Waals surface area contributed by atoms with Gasteiger partial charge in [0.1, 0.15) is 5.54 Å². The van der Waals surface area contributed by atoms with Crippen LogP contribution in [0.2, 0.25) is 0 Å². The molecule has 1 N–H and O–H groups in total. The summed E-state index contributed by atoms with van der Waals surface area (Å²) in [5.41, 5.74) is -1.66. The lowest BCUT2D eigenvalue weighted by Crippen LogP contribution is -2.60. The molecule has 4 rings (SSSR count). The average molecular weight is 543 g/mol. The number of rotatable bonds is 5. The molecule has 3 aromatic rings. The number of halogens is 1. The number of hydrogen-bond acceptors (Lipinski definition) is 4. The van der Waals surface area contributed by atoms with E-state index >= 15 is 4.57 Å². The van der Waals surface area contributed by atoms with E-state index in [1.54, 1.807) is 11.6 Å². The van der Waals surface area contributed by atoms with E-state index in [-0.39, 0.29) is 5.11 Å². The summed E-state index contributed by atoms with van der Waals surface area (Å²) >= 11 is 9.29. The quantitative estimate of drug-likeness (QED) is 0.286. The summed E-state index contributed by atoms with van der Waals surface area (Å²) in [6.45, 7) is 3.63. The minimum Gasteiger partial charge on any atom is -0.467 e. The maximum atomic E-state index is 15.3. The van der Waals surface area contributed by atoms with Crippen molar-refractivity contribution in [3.63, 3.8) is 0 Å². The molecule has 0 aromatic heterocycles. The van der Waals surface area contributed by atoms with Gasteiger partial charge in [0.25, 0.3) is 0 Å². The van der Waals surface area contributed by atoms with Gasteiger partial charge in [0.15, 0.2) is 10.7 Å². The van der Waals surface area contributed by atoms with Crippen LogP contribution < -0.4 is 15.9 Å². The van der Waals surface area contributed by atoms with Crippen LogP contribution in [0.15, 0.2) is 89.4 Å². The zero-order valence-corrected chi connectivity index (χ0v) is 21.8. The summed E-state index contributed by atoms with van der Waals surface area (Å²) in [5.74, 6) is -0.495. The van der Waals surface area contributed by atoms with Gasteiger partial charge < -0.3 is 10.1 Å². The van der Waals surface area contributed by atoms with Gasteiger partial charge in [-0.2, -0.15) is 0 Å². The van der Waals surface area contributed by atoms with Crippen molar-refractivity contribution in [3.05, 3.63) is 95.0 Å². The fourth-order valence-electron chi connectivity index (χ4n) is 4.49. The molecule has 170 valence electrons. The minimum absolute atomic E-state index is 0.226. The van der Waals surface area contributed by atoms with E-state index in [9.17, 15) is 4.79 Å². The molecular formula is C25H24BrN2O3PS. The summed E-state index contributed by atoms with van der Waals surface area (Å²) < 4.78 is 23.1. The Labute approximate surface area is 207 Å². The molecule has 1 aliphatic rings. The molecule has 2 atom stereocenters. The van der Waals surface area contributed by atoms with Crippen LogP contribution in [0.5, 0.6) is 0 Å². The van der Waals surface area contributed by atoms with Crippen LogP contribution in [0.4, 0.5) is 0 Å². The third-order valence-corrected chi connectivity index (χ3v) is 10.5. The highest BCUT2D eigenvalue weighted by molar-refractivity contribution is 9.10. The second kappa shape index (κ2) is 8.71. The summed E-state index contributed by atoms with van der Waals surface area (Å²) in [4.78, 5) is 13.2. The lowest BCUT2D eigenvalue weighted by molar-refractivity contribution is -0.150. The Hall–Kier alpha value is -2.47. The normalized spacial score (nSPS) is 22.7. The van der Waals surface area contributed by atoms with E-state index in [1.165, 1.54) is 7.11 Å². The van der Waals surface area contributed by atoms with Crippen molar-refractivity contribution < 1.29 is 14.1 Å². The maximum Gasteiger partial charge on any atom is 0.334 e. The molecule has 5 nitrogen and oxygen atoms in total. The van der Waals surface area contributed by atoms with Gasteiger partial charge >= 0.3 is 5.97 Å². The molecule has 8 heteroatoms. The molecule has 0 aliphatic carbocycles. The first-order chi connectivity index (χ1) is 15.7. The molecule has 33 heavy (non-hydrogen) atoms. The van der Waals surface area contributed by atoms with Gasteiger partial charge in [-0.1, -0.05) is 64.5 Å². The van der Waals surface area contributed by atoms with Crippen molar-refractivity contribution in [3.8, 4) is 0 Å². The third kappa shape index (κ3) is 3.54. The summed E-state index contributed by atoms with van der Waals surface area (Å²) in [5, 5.41) is 4.65. The topological polar surface area (TPSA) is 58.6 Å². The zero-order valence-electron chi connectivity index (χ0n) is 18.5. The summed E-state index contributed by atoms with van der Waals surface area (Å²) in [6.07, 6.45) is 0. The Morgan fingerprint density at radius 3 is 1.88 bits per heavy atom. The lowest BCUT2D eigenvalue weighted by atomic mass is 9.76. The summed E-state index contributed by atoms with van der Waals surface area (Å²) in [7, 11) is -2.20. The molecule has 0 unspecified atom stereocenters.